The topological polar surface area (TPSA) is 66.5 Å². The number of hydrogen-bond donors (Lipinski definition) is 1. The molecule has 27 heavy (non-hydrogen) atoms. The van der Waals surface area contributed by atoms with Crippen LogP contribution in [0.3, 0.4) is 0 Å². The number of anilines is 1. The number of aryl methyl sites for hydroxylation is 2. The molecule has 5 nitrogen and oxygen atoms in total. The number of amides is 2. The van der Waals surface area contributed by atoms with E-state index >= 15 is 0 Å². The van der Waals surface area contributed by atoms with Gasteiger partial charge in [0.25, 0.3) is 10.0 Å². The fourth-order valence-corrected chi connectivity index (χ4v) is 4.38. The van der Waals surface area contributed by atoms with Gasteiger partial charge in [0.05, 0.1) is 16.1 Å². The Balaban J connectivity index is 2.01. The van der Waals surface area contributed by atoms with Gasteiger partial charge in [0.1, 0.15) is 0 Å². The number of nitrogens with zero attached hydrogens (tertiary/aromatic N) is 1. The van der Waals surface area contributed by atoms with Gasteiger partial charge < -0.3 is 0 Å². The van der Waals surface area contributed by atoms with E-state index in [1.165, 1.54) is 17.0 Å². The van der Waals surface area contributed by atoms with Crippen molar-refractivity contribution in [3.05, 3.63) is 65.2 Å². The lowest BCUT2D eigenvalue weighted by Crippen LogP contribution is -2.54. The van der Waals surface area contributed by atoms with E-state index in [1.54, 1.807) is 12.1 Å². The van der Waals surface area contributed by atoms with Gasteiger partial charge in [-0.05, 0) is 64.0 Å². The van der Waals surface area contributed by atoms with E-state index in [-0.39, 0.29) is 4.90 Å². The van der Waals surface area contributed by atoms with Crippen molar-refractivity contribution < 1.29 is 13.2 Å². The molecule has 2 aromatic rings. The fourth-order valence-electron chi connectivity index (χ4n) is 3.45. The van der Waals surface area contributed by atoms with Gasteiger partial charge in [-0.2, -0.15) is 0 Å². The molecule has 1 aliphatic rings. The van der Waals surface area contributed by atoms with E-state index in [0.29, 0.717) is 5.69 Å². The molecule has 0 aliphatic carbocycles. The Morgan fingerprint density at radius 1 is 0.963 bits per heavy atom. The van der Waals surface area contributed by atoms with Gasteiger partial charge in [-0.1, -0.05) is 35.9 Å². The molecule has 0 aromatic heterocycles. The van der Waals surface area contributed by atoms with Gasteiger partial charge in [0.2, 0.25) is 0 Å². The number of allylic oxidation sites excluding steroid dienone is 1. The number of nitrogens with one attached hydrogen (secondary N) is 1. The van der Waals surface area contributed by atoms with Crippen molar-refractivity contribution in [2.24, 2.45) is 0 Å². The van der Waals surface area contributed by atoms with Crippen LogP contribution in [0.4, 0.5) is 10.5 Å². The summed E-state index contributed by atoms with van der Waals surface area (Å²) in [5.74, 6) is 0. The molecule has 6 heteroatoms. The third-order valence-corrected chi connectivity index (χ3v) is 6.06. The van der Waals surface area contributed by atoms with Crippen molar-refractivity contribution >= 4 is 27.3 Å². The van der Waals surface area contributed by atoms with E-state index in [4.69, 9.17) is 0 Å². The van der Waals surface area contributed by atoms with Crippen LogP contribution in [0.15, 0.2) is 53.4 Å². The number of fused-ring (bicyclic) bond motifs is 1. The summed E-state index contributed by atoms with van der Waals surface area (Å²) < 4.78 is 27.6. The van der Waals surface area contributed by atoms with Crippen LogP contribution in [0.5, 0.6) is 0 Å². The summed E-state index contributed by atoms with van der Waals surface area (Å²) in [4.78, 5) is 14.6. The molecule has 142 valence electrons. The van der Waals surface area contributed by atoms with Crippen molar-refractivity contribution in [2.75, 3.05) is 4.90 Å². The molecule has 1 N–H and O–H groups in total. The summed E-state index contributed by atoms with van der Waals surface area (Å²) in [5.41, 5.74) is 3.96. The van der Waals surface area contributed by atoms with Crippen LogP contribution >= 0.6 is 0 Å². The second kappa shape index (κ2) is 6.53. The highest BCUT2D eigenvalue weighted by molar-refractivity contribution is 7.90. The molecule has 0 radical (unpaired) electrons. The monoisotopic (exact) mass is 384 g/mol. The quantitative estimate of drug-likeness (QED) is 0.834. The second-order valence-electron chi connectivity index (χ2n) is 7.56. The molecule has 2 aromatic carbocycles. The average Bonchev–Trinajstić information content (AvgIpc) is 2.53. The van der Waals surface area contributed by atoms with E-state index in [9.17, 15) is 13.2 Å². The Morgan fingerprint density at radius 2 is 1.56 bits per heavy atom. The first-order chi connectivity index (χ1) is 12.5. The average molecular weight is 385 g/mol. The maximum absolute atomic E-state index is 13.1. The molecule has 0 saturated carbocycles. The summed E-state index contributed by atoms with van der Waals surface area (Å²) in [5, 5.41) is 0. The van der Waals surface area contributed by atoms with Crippen molar-refractivity contribution in [1.29, 1.82) is 0 Å². The minimum absolute atomic E-state index is 0.0625. The zero-order valence-corrected chi connectivity index (χ0v) is 17.0. The highest BCUT2D eigenvalue weighted by Gasteiger charge is 2.37. The summed E-state index contributed by atoms with van der Waals surface area (Å²) in [6.45, 7) is 9.59. The predicted octanol–water partition coefficient (Wildman–Crippen LogP) is 4.40. The number of sulfonamides is 1. The summed E-state index contributed by atoms with van der Waals surface area (Å²) >= 11 is 0. The largest absolute Gasteiger partial charge is 0.336 e. The number of urea groups is 1. The van der Waals surface area contributed by atoms with Crippen LogP contribution < -0.4 is 9.62 Å². The molecule has 1 heterocycles. The molecule has 0 bridgehead atoms. The van der Waals surface area contributed by atoms with E-state index in [1.807, 2.05) is 58.9 Å². The number of benzene rings is 2. The van der Waals surface area contributed by atoms with Crippen LogP contribution in [-0.4, -0.2) is 20.0 Å². The van der Waals surface area contributed by atoms with Crippen molar-refractivity contribution in [3.63, 3.8) is 0 Å². The Hall–Kier alpha value is -2.60. The molecule has 0 fully saturated rings. The Bertz CT molecular complexity index is 1040. The standard InChI is InChI=1S/C21H24N2O3S/c1-14-6-9-17(10-7-14)27(25,26)22-20(24)23-19-12-15(2)8-11-18(19)16(3)13-21(23,4)5/h6-13H,1-5H3,(H,22,24). The number of hydrogen-bond acceptors (Lipinski definition) is 3. The van der Waals surface area contributed by atoms with Gasteiger partial charge in [-0.25, -0.2) is 17.9 Å². The SMILES string of the molecule is CC1=CC(C)(C)N(C(=O)NS(=O)(=O)c2ccc(C)cc2)c2cc(C)ccc21. The predicted molar refractivity (Wildman–Crippen MR) is 108 cm³/mol. The maximum atomic E-state index is 13.1. The maximum Gasteiger partial charge on any atom is 0.336 e. The van der Waals surface area contributed by atoms with Gasteiger partial charge >= 0.3 is 6.03 Å². The van der Waals surface area contributed by atoms with Crippen LogP contribution in [0.2, 0.25) is 0 Å². The lowest BCUT2D eigenvalue weighted by Gasteiger charge is -2.41. The number of carbonyl (C=O) groups excluding carboxylic acids is 1. The summed E-state index contributed by atoms with van der Waals surface area (Å²) in [6.07, 6.45) is 1.97. The first-order valence-corrected chi connectivity index (χ1v) is 10.2. The van der Waals surface area contributed by atoms with Gasteiger partial charge in [-0.3, -0.25) is 4.90 Å². The molecule has 0 spiro atoms. The smallest absolute Gasteiger partial charge is 0.284 e. The lowest BCUT2D eigenvalue weighted by atomic mass is 9.88. The molecule has 3 rings (SSSR count). The lowest BCUT2D eigenvalue weighted by molar-refractivity contribution is 0.247. The summed E-state index contributed by atoms with van der Waals surface area (Å²) in [7, 11) is -3.96. The highest BCUT2D eigenvalue weighted by Crippen LogP contribution is 2.39. The fraction of sp³-hybridized carbons (Fsp3) is 0.286. The molecule has 1 aliphatic heterocycles. The van der Waals surface area contributed by atoms with E-state index < -0.39 is 21.6 Å². The van der Waals surface area contributed by atoms with Gasteiger partial charge in [0.15, 0.2) is 0 Å². The second-order valence-corrected chi connectivity index (χ2v) is 9.24. The van der Waals surface area contributed by atoms with E-state index in [2.05, 4.69) is 4.72 Å². The molecule has 0 unspecified atom stereocenters. The van der Waals surface area contributed by atoms with Crippen LogP contribution in [0.1, 0.15) is 37.5 Å². The normalized spacial score (nSPS) is 15.7. The van der Waals surface area contributed by atoms with Crippen LogP contribution in [0.25, 0.3) is 5.57 Å². The minimum atomic E-state index is -3.96. The molecular weight excluding hydrogens is 360 g/mol. The number of carbonyl (C=O) groups is 1. The first kappa shape index (κ1) is 19.2. The molecule has 0 atom stereocenters. The minimum Gasteiger partial charge on any atom is -0.284 e. The molecule has 2 amide bonds. The van der Waals surface area contributed by atoms with Gasteiger partial charge in [-0.15, -0.1) is 0 Å². The van der Waals surface area contributed by atoms with Crippen molar-refractivity contribution in [1.82, 2.24) is 4.72 Å². The van der Waals surface area contributed by atoms with Crippen molar-refractivity contribution in [3.8, 4) is 0 Å². The van der Waals surface area contributed by atoms with Gasteiger partial charge in [0, 0.05) is 5.56 Å². The Kier molecular flexibility index (Phi) is 4.64. The third kappa shape index (κ3) is 3.62. The third-order valence-electron chi connectivity index (χ3n) is 4.72. The molecular formula is C21H24N2O3S. The van der Waals surface area contributed by atoms with Crippen LogP contribution in [0, 0.1) is 13.8 Å². The zero-order chi connectivity index (χ0) is 20.0. The Labute approximate surface area is 160 Å². The van der Waals surface area contributed by atoms with Crippen molar-refractivity contribution in [2.45, 2.75) is 45.1 Å². The highest BCUT2D eigenvalue weighted by atomic mass is 32.2. The first-order valence-electron chi connectivity index (χ1n) is 8.75. The summed E-state index contributed by atoms with van der Waals surface area (Å²) in [6, 6.07) is 11.6. The molecule has 0 saturated heterocycles. The Morgan fingerprint density at radius 3 is 2.19 bits per heavy atom. The number of rotatable bonds is 2. The zero-order valence-electron chi connectivity index (χ0n) is 16.2. The van der Waals surface area contributed by atoms with Crippen LogP contribution in [-0.2, 0) is 10.0 Å². The van der Waals surface area contributed by atoms with E-state index in [0.717, 1.165) is 22.3 Å².